The Labute approximate surface area is 116 Å². The number of hydrogen-bond acceptors (Lipinski definition) is 3. The van der Waals surface area contributed by atoms with E-state index >= 15 is 0 Å². The van der Waals surface area contributed by atoms with Crippen molar-refractivity contribution < 1.29 is 19.4 Å². The highest BCUT2D eigenvalue weighted by Gasteiger charge is 2.61. The topological polar surface area (TPSA) is 75.6 Å². The molecule has 3 atom stereocenters. The van der Waals surface area contributed by atoms with Crippen LogP contribution in [-0.4, -0.2) is 29.6 Å². The number of carbonyl (C=O) groups excluding carboxylic acids is 1. The molecule has 1 aliphatic heterocycles. The summed E-state index contributed by atoms with van der Waals surface area (Å²) < 4.78 is 5.62. The molecule has 2 aliphatic rings. The molecular formula is C15H17NO4. The summed E-state index contributed by atoms with van der Waals surface area (Å²) in [5, 5.41) is 11.4. The molecule has 1 amide bonds. The van der Waals surface area contributed by atoms with Gasteiger partial charge in [0, 0.05) is 16.9 Å². The number of carboxylic acids is 1. The number of rotatable bonds is 3. The second-order valence-corrected chi connectivity index (χ2v) is 5.58. The van der Waals surface area contributed by atoms with E-state index in [-0.39, 0.29) is 17.2 Å². The van der Waals surface area contributed by atoms with E-state index in [0.717, 1.165) is 24.2 Å². The van der Waals surface area contributed by atoms with Crippen LogP contribution in [0, 0.1) is 5.92 Å². The highest BCUT2D eigenvalue weighted by Crippen LogP contribution is 2.60. The van der Waals surface area contributed by atoms with Crippen molar-refractivity contribution in [3.8, 4) is 5.75 Å². The van der Waals surface area contributed by atoms with Gasteiger partial charge in [0.2, 0.25) is 5.91 Å². The standard InChI is InChI=1S/C15H17NO4/c1-9(14(18)19)16-13(17)11-8-15(11)6-7-20-12-5-3-2-4-10(12)15/h2-5,9,11H,6-8H2,1H3,(H,16,17)(H,18,19)/t9-,11?,15?/m1/s1. The van der Waals surface area contributed by atoms with Crippen LogP contribution >= 0.6 is 0 Å². The first-order valence-corrected chi connectivity index (χ1v) is 6.80. The van der Waals surface area contributed by atoms with E-state index < -0.39 is 12.0 Å². The van der Waals surface area contributed by atoms with Gasteiger partial charge in [0.05, 0.1) is 6.61 Å². The van der Waals surface area contributed by atoms with Crippen LogP contribution in [0.5, 0.6) is 5.75 Å². The third kappa shape index (κ3) is 1.94. The first-order chi connectivity index (χ1) is 9.54. The molecule has 3 rings (SSSR count). The van der Waals surface area contributed by atoms with E-state index in [4.69, 9.17) is 9.84 Å². The molecule has 1 fully saturated rings. The van der Waals surface area contributed by atoms with Gasteiger partial charge in [-0.3, -0.25) is 9.59 Å². The molecule has 2 unspecified atom stereocenters. The molecule has 5 nitrogen and oxygen atoms in total. The van der Waals surface area contributed by atoms with Crippen LogP contribution in [0.15, 0.2) is 24.3 Å². The lowest BCUT2D eigenvalue weighted by Crippen LogP contribution is -2.40. The zero-order valence-corrected chi connectivity index (χ0v) is 11.3. The third-order valence-corrected chi connectivity index (χ3v) is 4.35. The van der Waals surface area contributed by atoms with Gasteiger partial charge >= 0.3 is 5.97 Å². The van der Waals surface area contributed by atoms with Crippen molar-refractivity contribution in [2.75, 3.05) is 6.61 Å². The Hall–Kier alpha value is -2.04. The van der Waals surface area contributed by atoms with Gasteiger partial charge in [-0.25, -0.2) is 0 Å². The van der Waals surface area contributed by atoms with Crippen molar-refractivity contribution in [3.63, 3.8) is 0 Å². The quantitative estimate of drug-likeness (QED) is 0.872. The van der Waals surface area contributed by atoms with Crippen molar-refractivity contribution >= 4 is 11.9 Å². The Morgan fingerprint density at radius 3 is 2.95 bits per heavy atom. The van der Waals surface area contributed by atoms with Crippen molar-refractivity contribution in [3.05, 3.63) is 29.8 Å². The summed E-state index contributed by atoms with van der Waals surface area (Å²) in [5.41, 5.74) is 0.923. The summed E-state index contributed by atoms with van der Waals surface area (Å²) in [6, 6.07) is 6.94. The number of aliphatic carboxylic acids is 1. The van der Waals surface area contributed by atoms with E-state index in [0.29, 0.717) is 6.61 Å². The van der Waals surface area contributed by atoms with Crippen LogP contribution in [-0.2, 0) is 15.0 Å². The van der Waals surface area contributed by atoms with Crippen LogP contribution < -0.4 is 10.1 Å². The fourth-order valence-electron chi connectivity index (χ4n) is 3.08. The number of fused-ring (bicyclic) bond motifs is 2. The maximum atomic E-state index is 12.2. The third-order valence-electron chi connectivity index (χ3n) is 4.35. The predicted octanol–water partition coefficient (Wildman–Crippen LogP) is 1.32. The number of carboxylic acid groups (broad SMARTS) is 1. The maximum absolute atomic E-state index is 12.2. The molecule has 1 spiro atoms. The van der Waals surface area contributed by atoms with Crippen LogP contribution in [0.1, 0.15) is 25.3 Å². The largest absolute Gasteiger partial charge is 0.493 e. The Balaban J connectivity index is 1.78. The highest BCUT2D eigenvalue weighted by molar-refractivity contribution is 5.88. The molecule has 1 aromatic carbocycles. The second kappa shape index (κ2) is 4.51. The summed E-state index contributed by atoms with van der Waals surface area (Å²) in [4.78, 5) is 23.0. The first kappa shape index (κ1) is 13.0. The van der Waals surface area contributed by atoms with Crippen molar-refractivity contribution in [1.29, 1.82) is 0 Å². The molecule has 0 bridgehead atoms. The Kier molecular flexibility index (Phi) is 2.92. The van der Waals surface area contributed by atoms with Gasteiger partial charge in [0.15, 0.2) is 0 Å². The molecule has 0 radical (unpaired) electrons. The summed E-state index contributed by atoms with van der Waals surface area (Å²) >= 11 is 0. The molecule has 20 heavy (non-hydrogen) atoms. The number of ether oxygens (including phenoxy) is 1. The number of hydrogen-bond donors (Lipinski definition) is 2. The molecule has 1 aromatic rings. The number of benzene rings is 1. The van der Waals surface area contributed by atoms with Crippen LogP contribution in [0.4, 0.5) is 0 Å². The molecule has 106 valence electrons. The van der Waals surface area contributed by atoms with E-state index in [1.807, 2.05) is 24.3 Å². The Morgan fingerprint density at radius 1 is 1.45 bits per heavy atom. The number of nitrogens with one attached hydrogen (secondary N) is 1. The average molecular weight is 275 g/mol. The molecular weight excluding hydrogens is 258 g/mol. The average Bonchev–Trinajstić information content (AvgIpc) is 3.14. The van der Waals surface area contributed by atoms with E-state index in [9.17, 15) is 9.59 Å². The number of carbonyl (C=O) groups is 2. The minimum absolute atomic E-state index is 0.144. The second-order valence-electron chi connectivity index (χ2n) is 5.58. The molecule has 2 N–H and O–H groups in total. The zero-order valence-electron chi connectivity index (χ0n) is 11.3. The molecule has 0 aromatic heterocycles. The smallest absolute Gasteiger partial charge is 0.325 e. The fraction of sp³-hybridized carbons (Fsp3) is 0.467. The van der Waals surface area contributed by atoms with E-state index in [1.165, 1.54) is 6.92 Å². The molecule has 5 heteroatoms. The van der Waals surface area contributed by atoms with Gasteiger partial charge < -0.3 is 15.2 Å². The van der Waals surface area contributed by atoms with Gasteiger partial charge in [0.25, 0.3) is 0 Å². The SMILES string of the molecule is C[C@@H](NC(=O)C1CC12CCOc1ccccc12)C(=O)O. The van der Waals surface area contributed by atoms with E-state index in [1.54, 1.807) is 0 Å². The lowest BCUT2D eigenvalue weighted by Gasteiger charge is -2.26. The fourth-order valence-corrected chi connectivity index (χ4v) is 3.08. The molecule has 1 saturated carbocycles. The van der Waals surface area contributed by atoms with Crippen LogP contribution in [0.25, 0.3) is 0 Å². The summed E-state index contributed by atoms with van der Waals surface area (Å²) in [6.45, 7) is 2.09. The Morgan fingerprint density at radius 2 is 2.20 bits per heavy atom. The molecule has 1 aliphatic carbocycles. The number of para-hydroxylation sites is 1. The van der Waals surface area contributed by atoms with Crippen molar-refractivity contribution in [1.82, 2.24) is 5.32 Å². The van der Waals surface area contributed by atoms with Gasteiger partial charge in [-0.15, -0.1) is 0 Å². The van der Waals surface area contributed by atoms with Gasteiger partial charge in [-0.05, 0) is 25.8 Å². The van der Waals surface area contributed by atoms with Gasteiger partial charge in [-0.1, -0.05) is 18.2 Å². The lowest BCUT2D eigenvalue weighted by molar-refractivity contribution is -0.141. The monoisotopic (exact) mass is 275 g/mol. The number of amides is 1. The van der Waals surface area contributed by atoms with Crippen molar-refractivity contribution in [2.45, 2.75) is 31.2 Å². The van der Waals surface area contributed by atoms with Gasteiger partial charge in [0.1, 0.15) is 11.8 Å². The molecule has 0 saturated heterocycles. The minimum Gasteiger partial charge on any atom is -0.493 e. The predicted molar refractivity (Wildman–Crippen MR) is 71.6 cm³/mol. The normalized spacial score (nSPS) is 28.1. The zero-order chi connectivity index (χ0) is 14.3. The minimum atomic E-state index is -1.01. The maximum Gasteiger partial charge on any atom is 0.325 e. The van der Waals surface area contributed by atoms with Crippen LogP contribution in [0.3, 0.4) is 0 Å². The Bertz CT molecular complexity index is 571. The van der Waals surface area contributed by atoms with Gasteiger partial charge in [-0.2, -0.15) is 0 Å². The lowest BCUT2D eigenvalue weighted by atomic mass is 9.87. The first-order valence-electron chi connectivity index (χ1n) is 6.80. The highest BCUT2D eigenvalue weighted by atomic mass is 16.5. The summed E-state index contributed by atoms with van der Waals surface area (Å²) in [7, 11) is 0. The van der Waals surface area contributed by atoms with Crippen LogP contribution in [0.2, 0.25) is 0 Å². The summed E-state index contributed by atoms with van der Waals surface area (Å²) in [5.74, 6) is -0.480. The molecule has 1 heterocycles. The van der Waals surface area contributed by atoms with Crippen molar-refractivity contribution in [2.24, 2.45) is 5.92 Å². The summed E-state index contributed by atoms with van der Waals surface area (Å²) in [6.07, 6.45) is 1.58. The van der Waals surface area contributed by atoms with E-state index in [2.05, 4.69) is 5.32 Å².